The zero-order valence-corrected chi connectivity index (χ0v) is 13.6. The van der Waals surface area contributed by atoms with Gasteiger partial charge in [0.15, 0.2) is 0 Å². The summed E-state index contributed by atoms with van der Waals surface area (Å²) in [7, 11) is -2.00. The molecule has 0 aliphatic heterocycles. The van der Waals surface area contributed by atoms with Crippen molar-refractivity contribution >= 4 is 10.2 Å². The Balaban J connectivity index is 2.56. The molecule has 7 heteroatoms. The van der Waals surface area contributed by atoms with Gasteiger partial charge in [-0.05, 0) is 44.1 Å². The van der Waals surface area contributed by atoms with Crippen LogP contribution in [0, 0.1) is 5.82 Å². The zero-order chi connectivity index (χ0) is 15.9. The van der Waals surface area contributed by atoms with Gasteiger partial charge in [0.25, 0.3) is 10.2 Å². The molecular weight excluding hydrogens is 293 g/mol. The number of hydrogen-bond acceptors (Lipinski definition) is 3. The van der Waals surface area contributed by atoms with Crippen molar-refractivity contribution in [2.24, 2.45) is 0 Å². The van der Waals surface area contributed by atoms with Crippen LogP contribution >= 0.6 is 0 Å². The Hall–Kier alpha value is -1.02. The minimum absolute atomic E-state index is 0.339. The van der Waals surface area contributed by atoms with Gasteiger partial charge in [0.05, 0.1) is 0 Å². The summed E-state index contributed by atoms with van der Waals surface area (Å²) in [4.78, 5) is 0. The second kappa shape index (κ2) is 8.43. The third kappa shape index (κ3) is 6.09. The molecule has 0 fully saturated rings. The maximum Gasteiger partial charge on any atom is 0.279 e. The average Bonchev–Trinajstić information content (AvgIpc) is 2.43. The quantitative estimate of drug-likeness (QED) is 0.681. The largest absolute Gasteiger partial charge is 0.317 e. The van der Waals surface area contributed by atoms with Crippen molar-refractivity contribution in [1.29, 1.82) is 0 Å². The molecule has 1 aromatic rings. The molecule has 120 valence electrons. The molecule has 1 rings (SSSR count). The van der Waals surface area contributed by atoms with E-state index >= 15 is 0 Å². The molecule has 0 amide bonds. The SMILES string of the molecule is CCNCCCN(C)S(=O)(=O)NC(C)c1ccc(F)cc1. The lowest BCUT2D eigenvalue weighted by Gasteiger charge is -2.21. The molecular formula is C14H24FN3O2S. The van der Waals surface area contributed by atoms with Gasteiger partial charge in [-0.1, -0.05) is 19.1 Å². The fourth-order valence-corrected chi connectivity index (χ4v) is 2.99. The highest BCUT2D eigenvalue weighted by Gasteiger charge is 2.20. The summed E-state index contributed by atoms with van der Waals surface area (Å²) in [5.74, 6) is -0.339. The standard InChI is InChI=1S/C14H24FN3O2S/c1-4-16-10-5-11-18(3)21(19,20)17-12(2)13-6-8-14(15)9-7-13/h6-9,12,16-17H,4-5,10-11H2,1-3H3. The minimum Gasteiger partial charge on any atom is -0.317 e. The third-order valence-electron chi connectivity index (χ3n) is 3.18. The molecule has 0 aromatic heterocycles. The Labute approximate surface area is 126 Å². The minimum atomic E-state index is -3.54. The van der Waals surface area contributed by atoms with Crippen molar-refractivity contribution in [3.8, 4) is 0 Å². The number of nitrogens with zero attached hydrogens (tertiary/aromatic N) is 1. The van der Waals surface area contributed by atoms with Crippen molar-refractivity contribution in [1.82, 2.24) is 14.3 Å². The molecule has 0 aliphatic carbocycles. The Morgan fingerprint density at radius 3 is 2.48 bits per heavy atom. The molecule has 1 unspecified atom stereocenters. The Morgan fingerprint density at radius 1 is 1.29 bits per heavy atom. The highest BCUT2D eigenvalue weighted by molar-refractivity contribution is 7.87. The first-order valence-corrected chi connectivity index (χ1v) is 8.50. The second-order valence-corrected chi connectivity index (χ2v) is 6.73. The number of nitrogens with one attached hydrogen (secondary N) is 2. The van der Waals surface area contributed by atoms with E-state index in [-0.39, 0.29) is 5.82 Å². The van der Waals surface area contributed by atoms with Crippen molar-refractivity contribution in [3.05, 3.63) is 35.6 Å². The van der Waals surface area contributed by atoms with Gasteiger partial charge in [0.2, 0.25) is 0 Å². The number of rotatable bonds is 9. The van der Waals surface area contributed by atoms with Crippen LogP contribution in [0.1, 0.15) is 31.9 Å². The monoisotopic (exact) mass is 317 g/mol. The number of benzene rings is 1. The lowest BCUT2D eigenvalue weighted by Crippen LogP contribution is -2.40. The van der Waals surface area contributed by atoms with Crippen LogP contribution in [-0.2, 0) is 10.2 Å². The van der Waals surface area contributed by atoms with E-state index < -0.39 is 16.3 Å². The summed E-state index contributed by atoms with van der Waals surface area (Å²) in [5, 5.41) is 3.15. The summed E-state index contributed by atoms with van der Waals surface area (Å²) in [6.45, 7) is 5.84. The van der Waals surface area contributed by atoms with Gasteiger partial charge in [-0.3, -0.25) is 0 Å². The van der Waals surface area contributed by atoms with E-state index in [1.807, 2.05) is 6.92 Å². The summed E-state index contributed by atoms with van der Waals surface area (Å²) >= 11 is 0. The molecule has 0 aliphatic rings. The molecule has 21 heavy (non-hydrogen) atoms. The van der Waals surface area contributed by atoms with Crippen molar-refractivity contribution in [3.63, 3.8) is 0 Å². The number of halogens is 1. The van der Waals surface area contributed by atoms with Crippen molar-refractivity contribution in [2.75, 3.05) is 26.7 Å². The van der Waals surface area contributed by atoms with Crippen molar-refractivity contribution < 1.29 is 12.8 Å². The predicted octanol–water partition coefficient (Wildman–Crippen LogP) is 1.65. The molecule has 0 bridgehead atoms. The Kier molecular flexibility index (Phi) is 7.24. The summed E-state index contributed by atoms with van der Waals surface area (Å²) in [5.41, 5.74) is 0.723. The maximum absolute atomic E-state index is 12.9. The smallest absolute Gasteiger partial charge is 0.279 e. The first kappa shape index (κ1) is 18.0. The van der Waals surface area contributed by atoms with Crippen LogP contribution < -0.4 is 10.0 Å². The summed E-state index contributed by atoms with van der Waals surface area (Å²) < 4.78 is 41.1. The molecule has 0 radical (unpaired) electrons. The van der Waals surface area contributed by atoms with Gasteiger partial charge in [-0.2, -0.15) is 17.4 Å². The van der Waals surface area contributed by atoms with E-state index in [2.05, 4.69) is 10.0 Å². The number of hydrogen-bond donors (Lipinski definition) is 2. The summed E-state index contributed by atoms with van der Waals surface area (Å²) in [6, 6.07) is 5.38. The fourth-order valence-electron chi connectivity index (χ4n) is 1.86. The molecule has 2 N–H and O–H groups in total. The van der Waals surface area contributed by atoms with E-state index in [1.165, 1.54) is 16.4 Å². The van der Waals surface area contributed by atoms with E-state index in [1.54, 1.807) is 26.1 Å². The lowest BCUT2D eigenvalue weighted by atomic mass is 10.1. The van der Waals surface area contributed by atoms with E-state index in [9.17, 15) is 12.8 Å². The van der Waals surface area contributed by atoms with E-state index in [0.29, 0.717) is 6.54 Å². The van der Waals surface area contributed by atoms with Crippen molar-refractivity contribution in [2.45, 2.75) is 26.3 Å². The van der Waals surface area contributed by atoms with Crippen LogP contribution in [0.5, 0.6) is 0 Å². The lowest BCUT2D eigenvalue weighted by molar-refractivity contribution is 0.439. The zero-order valence-electron chi connectivity index (χ0n) is 12.8. The molecule has 1 aromatic carbocycles. The van der Waals surface area contributed by atoms with Crippen LogP contribution in [0.15, 0.2) is 24.3 Å². The summed E-state index contributed by atoms with van der Waals surface area (Å²) in [6.07, 6.45) is 0.746. The van der Waals surface area contributed by atoms with E-state index in [0.717, 1.165) is 25.1 Å². The third-order valence-corrected chi connectivity index (χ3v) is 4.84. The Morgan fingerprint density at radius 2 is 1.90 bits per heavy atom. The van der Waals surface area contributed by atoms with Crippen LogP contribution in [0.4, 0.5) is 4.39 Å². The van der Waals surface area contributed by atoms with Gasteiger partial charge in [0.1, 0.15) is 5.82 Å². The first-order valence-electron chi connectivity index (χ1n) is 7.06. The average molecular weight is 317 g/mol. The van der Waals surface area contributed by atoms with Gasteiger partial charge in [-0.25, -0.2) is 4.39 Å². The molecule has 0 spiro atoms. The predicted molar refractivity (Wildman–Crippen MR) is 82.7 cm³/mol. The van der Waals surface area contributed by atoms with Crippen LogP contribution in [0.25, 0.3) is 0 Å². The van der Waals surface area contributed by atoms with Crippen LogP contribution in [0.3, 0.4) is 0 Å². The Bertz CT molecular complexity index is 520. The molecule has 0 saturated heterocycles. The second-order valence-electron chi connectivity index (χ2n) is 4.92. The highest BCUT2D eigenvalue weighted by Crippen LogP contribution is 2.14. The fraction of sp³-hybridized carbons (Fsp3) is 0.571. The van der Waals surface area contributed by atoms with Gasteiger partial charge < -0.3 is 5.32 Å². The molecule has 0 saturated carbocycles. The van der Waals surface area contributed by atoms with Crippen LogP contribution in [0.2, 0.25) is 0 Å². The van der Waals surface area contributed by atoms with Crippen LogP contribution in [-0.4, -0.2) is 39.4 Å². The first-order chi connectivity index (χ1) is 9.86. The normalized spacial score (nSPS) is 13.6. The van der Waals surface area contributed by atoms with Gasteiger partial charge >= 0.3 is 0 Å². The topological polar surface area (TPSA) is 61.4 Å². The molecule has 5 nitrogen and oxygen atoms in total. The van der Waals surface area contributed by atoms with Gasteiger partial charge in [0, 0.05) is 19.6 Å². The molecule has 0 heterocycles. The van der Waals surface area contributed by atoms with E-state index in [4.69, 9.17) is 0 Å². The van der Waals surface area contributed by atoms with Gasteiger partial charge in [-0.15, -0.1) is 0 Å². The highest BCUT2D eigenvalue weighted by atomic mass is 32.2. The maximum atomic E-state index is 12.9. The molecule has 1 atom stereocenters.